The summed E-state index contributed by atoms with van der Waals surface area (Å²) in [5.74, 6) is -4.29. The SMILES string of the molecule is C=CCOC(=O)CC[C@H](NC(=O)CCCCCN1C(=O)C=CC1=O)C(=O)N[C@H](C(=O)N[C@@H](C)C(=O)Nc1ccc(COC(=O)Oc2ccc([N+](=O)[O-])cc2)cc1)C(C)C. The van der Waals surface area contributed by atoms with Crippen LogP contribution in [0.5, 0.6) is 5.75 Å². The van der Waals surface area contributed by atoms with E-state index in [-0.39, 0.29) is 62.3 Å². The zero-order valence-electron chi connectivity index (χ0n) is 32.9. The van der Waals surface area contributed by atoms with Gasteiger partial charge in [0, 0.05) is 49.4 Å². The van der Waals surface area contributed by atoms with E-state index in [4.69, 9.17) is 14.2 Å². The average Bonchev–Trinajstić information content (AvgIpc) is 3.52. The van der Waals surface area contributed by atoms with E-state index in [1.54, 1.807) is 38.1 Å². The largest absolute Gasteiger partial charge is 0.514 e. The molecule has 0 radical (unpaired) electrons. The summed E-state index contributed by atoms with van der Waals surface area (Å²) < 4.78 is 15.1. The smallest absolute Gasteiger partial charge is 0.461 e. The van der Waals surface area contributed by atoms with Crippen LogP contribution in [0.15, 0.2) is 73.3 Å². The lowest BCUT2D eigenvalue weighted by Gasteiger charge is -2.26. The highest BCUT2D eigenvalue weighted by Gasteiger charge is 2.31. The maximum atomic E-state index is 13.5. The molecular weight excluding hydrogens is 772 g/mol. The Morgan fingerprint density at radius 3 is 2.08 bits per heavy atom. The zero-order chi connectivity index (χ0) is 43.5. The number of ether oxygens (including phenoxy) is 3. The van der Waals surface area contributed by atoms with Crippen molar-refractivity contribution in [2.75, 3.05) is 18.5 Å². The summed E-state index contributed by atoms with van der Waals surface area (Å²) in [6.07, 6.45) is 3.79. The Labute approximate surface area is 340 Å². The van der Waals surface area contributed by atoms with E-state index in [2.05, 4.69) is 27.8 Å². The molecule has 6 amide bonds. The maximum absolute atomic E-state index is 13.5. The lowest BCUT2D eigenvalue weighted by Crippen LogP contribution is -2.57. The van der Waals surface area contributed by atoms with E-state index in [0.29, 0.717) is 30.5 Å². The molecule has 19 nitrogen and oxygen atoms in total. The number of carbonyl (C=O) groups excluding carboxylic acids is 8. The highest BCUT2D eigenvalue weighted by atomic mass is 16.7. The summed E-state index contributed by atoms with van der Waals surface area (Å²) in [4.78, 5) is 112. The molecule has 3 rings (SSSR count). The van der Waals surface area contributed by atoms with Crippen LogP contribution in [0, 0.1) is 16.0 Å². The first kappa shape index (κ1) is 46.5. The molecule has 2 aromatic carbocycles. The van der Waals surface area contributed by atoms with Gasteiger partial charge in [-0.2, -0.15) is 0 Å². The van der Waals surface area contributed by atoms with Gasteiger partial charge in [-0.25, -0.2) is 4.79 Å². The van der Waals surface area contributed by atoms with Crippen molar-refractivity contribution in [1.82, 2.24) is 20.9 Å². The molecule has 0 spiro atoms. The molecule has 4 N–H and O–H groups in total. The van der Waals surface area contributed by atoms with Gasteiger partial charge in [-0.15, -0.1) is 0 Å². The summed E-state index contributed by atoms with van der Waals surface area (Å²) in [5, 5.41) is 21.3. The number of amides is 6. The molecular formula is C40H48N6O13. The fourth-order valence-electron chi connectivity index (χ4n) is 5.40. The first-order valence-electron chi connectivity index (χ1n) is 18.8. The number of hydrogen-bond donors (Lipinski definition) is 4. The van der Waals surface area contributed by atoms with Gasteiger partial charge in [0.15, 0.2) is 0 Å². The van der Waals surface area contributed by atoms with Crippen molar-refractivity contribution < 1.29 is 57.5 Å². The van der Waals surface area contributed by atoms with Crippen molar-refractivity contribution in [3.8, 4) is 5.75 Å². The summed E-state index contributed by atoms with van der Waals surface area (Å²) in [6, 6.07) is 7.70. The Bertz CT molecular complexity index is 1880. The van der Waals surface area contributed by atoms with E-state index in [0.717, 1.165) is 4.90 Å². The number of esters is 1. The second-order valence-corrected chi connectivity index (χ2v) is 13.6. The number of non-ortho nitro benzene ring substituents is 1. The lowest BCUT2D eigenvalue weighted by molar-refractivity contribution is -0.384. The molecule has 19 heteroatoms. The van der Waals surface area contributed by atoms with Crippen molar-refractivity contribution in [2.45, 2.75) is 84.0 Å². The van der Waals surface area contributed by atoms with Crippen molar-refractivity contribution in [1.29, 1.82) is 0 Å². The second kappa shape index (κ2) is 23.3. The van der Waals surface area contributed by atoms with Gasteiger partial charge in [0.1, 0.15) is 37.1 Å². The molecule has 1 aliphatic heterocycles. The summed E-state index contributed by atoms with van der Waals surface area (Å²) in [7, 11) is 0. The van der Waals surface area contributed by atoms with Gasteiger partial charge in [0.2, 0.25) is 23.6 Å². The second-order valence-electron chi connectivity index (χ2n) is 13.6. The topological polar surface area (TPSA) is 259 Å². The fraction of sp³-hybridized carbons (Fsp3) is 0.400. The Hall–Kier alpha value is -6.92. The third-order valence-corrected chi connectivity index (χ3v) is 8.66. The van der Waals surface area contributed by atoms with Crippen LogP contribution in [0.25, 0.3) is 0 Å². The van der Waals surface area contributed by atoms with Gasteiger partial charge < -0.3 is 35.5 Å². The van der Waals surface area contributed by atoms with E-state index in [1.807, 2.05) is 0 Å². The predicted octanol–water partition coefficient (Wildman–Crippen LogP) is 3.37. The number of nitrogens with zero attached hydrogens (tertiary/aromatic N) is 2. The minimum Gasteiger partial charge on any atom is -0.461 e. The highest BCUT2D eigenvalue weighted by Crippen LogP contribution is 2.18. The molecule has 59 heavy (non-hydrogen) atoms. The lowest BCUT2D eigenvalue weighted by atomic mass is 10.0. The number of nitro benzene ring substituents is 1. The number of anilines is 1. The Kier molecular flexibility index (Phi) is 18.4. The van der Waals surface area contributed by atoms with Gasteiger partial charge >= 0.3 is 12.1 Å². The van der Waals surface area contributed by atoms with Crippen molar-refractivity contribution in [3.05, 3.63) is 89.0 Å². The first-order chi connectivity index (χ1) is 28.1. The molecule has 1 aliphatic rings. The monoisotopic (exact) mass is 820 g/mol. The number of unbranched alkanes of at least 4 members (excludes halogenated alkanes) is 2. The standard InChI is InChI=1S/C40H48N6O13/c1-5-23-57-35(50)21-18-31(43-32(47)9-7-6-8-22-45-33(48)19-20-34(45)49)38(52)44-36(25(2)3)39(53)41-26(4)37(51)42-28-12-10-27(11-13-28)24-58-40(54)59-30-16-14-29(15-17-30)46(55)56/h5,10-17,19-20,25-26,31,36H,1,6-9,18,21-24H2,2-4H3,(H,41,53)(H,42,51)(H,43,47)(H,44,52)/t26-,31-,36-/m0/s1. The van der Waals surface area contributed by atoms with Crippen LogP contribution in [-0.2, 0) is 49.6 Å². The minimum absolute atomic E-state index is 0.0167. The fourth-order valence-corrected chi connectivity index (χ4v) is 5.40. The van der Waals surface area contributed by atoms with Crippen LogP contribution in [0.2, 0.25) is 0 Å². The van der Waals surface area contributed by atoms with Crippen molar-refractivity contribution in [2.24, 2.45) is 5.92 Å². The third-order valence-electron chi connectivity index (χ3n) is 8.66. The number of nitro groups is 1. The number of benzene rings is 2. The van der Waals surface area contributed by atoms with Crippen LogP contribution >= 0.6 is 0 Å². The van der Waals surface area contributed by atoms with Gasteiger partial charge in [0.25, 0.3) is 17.5 Å². The molecule has 2 aromatic rings. The van der Waals surface area contributed by atoms with Crippen molar-refractivity contribution >= 4 is 58.9 Å². The Morgan fingerprint density at radius 2 is 1.47 bits per heavy atom. The molecule has 0 aliphatic carbocycles. The van der Waals surface area contributed by atoms with Crippen LogP contribution in [0.3, 0.4) is 0 Å². The molecule has 0 saturated heterocycles. The molecule has 316 valence electrons. The molecule has 0 bridgehead atoms. The molecule has 0 fully saturated rings. The van der Waals surface area contributed by atoms with Gasteiger partial charge in [-0.1, -0.05) is 45.1 Å². The highest BCUT2D eigenvalue weighted by molar-refractivity contribution is 6.12. The number of imide groups is 1. The number of rotatable bonds is 23. The molecule has 0 saturated carbocycles. The van der Waals surface area contributed by atoms with Crippen molar-refractivity contribution in [3.63, 3.8) is 0 Å². The Morgan fingerprint density at radius 1 is 0.814 bits per heavy atom. The van der Waals surface area contributed by atoms with Crippen LogP contribution in [0.1, 0.15) is 64.9 Å². The van der Waals surface area contributed by atoms with Gasteiger partial charge in [-0.05, 0) is 61.9 Å². The summed E-state index contributed by atoms with van der Waals surface area (Å²) >= 11 is 0. The molecule has 0 aromatic heterocycles. The minimum atomic E-state index is -1.21. The zero-order valence-corrected chi connectivity index (χ0v) is 32.9. The Balaban J connectivity index is 1.51. The predicted molar refractivity (Wildman–Crippen MR) is 210 cm³/mol. The van der Waals surface area contributed by atoms with Crippen LogP contribution in [-0.4, -0.2) is 88.7 Å². The van der Waals surface area contributed by atoms with E-state index < -0.39 is 64.7 Å². The number of carbonyl (C=O) groups is 8. The average molecular weight is 821 g/mol. The first-order valence-corrected chi connectivity index (χ1v) is 18.8. The maximum Gasteiger partial charge on any atom is 0.514 e. The van der Waals surface area contributed by atoms with E-state index in [9.17, 15) is 48.5 Å². The van der Waals surface area contributed by atoms with Crippen LogP contribution < -0.4 is 26.0 Å². The summed E-state index contributed by atoms with van der Waals surface area (Å²) in [6.45, 7) is 8.28. The van der Waals surface area contributed by atoms with Gasteiger partial charge in [0.05, 0.1) is 4.92 Å². The summed E-state index contributed by atoms with van der Waals surface area (Å²) in [5.41, 5.74) is 0.743. The molecule has 1 heterocycles. The number of nitrogens with one attached hydrogen (secondary N) is 4. The molecule has 3 atom stereocenters. The van der Waals surface area contributed by atoms with Gasteiger partial charge in [-0.3, -0.25) is 48.6 Å². The van der Waals surface area contributed by atoms with Crippen LogP contribution in [0.4, 0.5) is 16.2 Å². The molecule has 0 unspecified atom stereocenters. The third kappa shape index (κ3) is 15.9. The van der Waals surface area contributed by atoms with E-state index in [1.165, 1.54) is 49.4 Å². The normalized spacial score (nSPS) is 13.5. The van der Waals surface area contributed by atoms with E-state index >= 15 is 0 Å². The quantitative estimate of drug-likeness (QED) is 0.0239. The number of hydrogen-bond acceptors (Lipinski definition) is 13.